The normalized spacial score (nSPS) is 17.7. The quantitative estimate of drug-likeness (QED) is 0.337. The summed E-state index contributed by atoms with van der Waals surface area (Å²) in [7, 11) is 0. The molecule has 4 rings (SSSR count). The topological polar surface area (TPSA) is 66.8 Å². The minimum atomic E-state index is -0.993. The number of amides is 1. The lowest BCUT2D eigenvalue weighted by Gasteiger charge is -2.43. The third-order valence-corrected chi connectivity index (χ3v) is 7.87. The van der Waals surface area contributed by atoms with Crippen molar-refractivity contribution in [1.82, 2.24) is 4.90 Å². The Labute approximate surface area is 229 Å². The van der Waals surface area contributed by atoms with Crippen molar-refractivity contribution in [3.05, 3.63) is 103 Å². The number of benzene rings is 3. The monoisotopic (exact) mass is 565 g/mol. The second kappa shape index (κ2) is 11.4. The first kappa shape index (κ1) is 26.8. The lowest BCUT2D eigenvalue weighted by Crippen LogP contribution is -2.52. The van der Waals surface area contributed by atoms with Crippen molar-refractivity contribution < 1.29 is 19.4 Å². The zero-order chi connectivity index (χ0) is 25.9. The Morgan fingerprint density at radius 1 is 0.917 bits per heavy atom. The van der Waals surface area contributed by atoms with Gasteiger partial charge in [0.15, 0.2) is 0 Å². The molecule has 0 spiro atoms. The van der Waals surface area contributed by atoms with Crippen molar-refractivity contribution in [2.75, 3.05) is 19.7 Å². The van der Waals surface area contributed by atoms with Crippen molar-refractivity contribution in [2.45, 2.75) is 24.9 Å². The SMILES string of the molecule is O=C(O)c1ccccc1CCC1(c2ccc(Cl)c(Cl)c2)CN(C(=O)Cc2c(Cl)cccc2Cl)CCO1. The van der Waals surface area contributed by atoms with E-state index in [1.165, 1.54) is 0 Å². The molecule has 188 valence electrons. The maximum Gasteiger partial charge on any atom is 0.335 e. The minimum absolute atomic E-state index is 0.0534. The highest BCUT2D eigenvalue weighted by molar-refractivity contribution is 6.42. The summed E-state index contributed by atoms with van der Waals surface area (Å²) in [4.78, 5) is 26.8. The number of carboxylic acids is 1. The first-order valence-corrected chi connectivity index (χ1v) is 12.8. The summed E-state index contributed by atoms with van der Waals surface area (Å²) in [5, 5.41) is 11.3. The molecule has 0 bridgehead atoms. The van der Waals surface area contributed by atoms with Crippen LogP contribution < -0.4 is 0 Å². The highest BCUT2D eigenvalue weighted by Gasteiger charge is 2.40. The van der Waals surface area contributed by atoms with Gasteiger partial charge in [0, 0.05) is 16.6 Å². The molecule has 1 N–H and O–H groups in total. The second-order valence-corrected chi connectivity index (χ2v) is 10.3. The van der Waals surface area contributed by atoms with Gasteiger partial charge in [0.25, 0.3) is 0 Å². The smallest absolute Gasteiger partial charge is 0.335 e. The van der Waals surface area contributed by atoms with Gasteiger partial charge in [-0.1, -0.05) is 76.7 Å². The van der Waals surface area contributed by atoms with Gasteiger partial charge in [-0.15, -0.1) is 0 Å². The molecule has 1 aliphatic heterocycles. The predicted octanol–water partition coefficient (Wildman–Crippen LogP) is 6.93. The molecule has 1 aliphatic rings. The molecule has 9 heteroatoms. The first-order valence-electron chi connectivity index (χ1n) is 11.3. The van der Waals surface area contributed by atoms with Crippen LogP contribution >= 0.6 is 46.4 Å². The van der Waals surface area contributed by atoms with Crippen molar-refractivity contribution in [2.24, 2.45) is 0 Å². The Balaban J connectivity index is 1.65. The molecule has 1 amide bonds. The molecule has 0 saturated carbocycles. The van der Waals surface area contributed by atoms with Crippen molar-refractivity contribution in [3.8, 4) is 0 Å². The van der Waals surface area contributed by atoms with Gasteiger partial charge in [-0.3, -0.25) is 4.79 Å². The van der Waals surface area contributed by atoms with Crippen LogP contribution in [-0.4, -0.2) is 41.6 Å². The van der Waals surface area contributed by atoms with E-state index in [-0.39, 0.29) is 24.4 Å². The van der Waals surface area contributed by atoms with E-state index in [2.05, 4.69) is 0 Å². The highest BCUT2D eigenvalue weighted by Crippen LogP contribution is 2.38. The standard InChI is InChI=1S/C27H23Cl4NO4/c28-21-6-3-7-22(29)20(21)15-25(33)32-12-13-36-27(16-32,18-8-9-23(30)24(31)14-18)11-10-17-4-1-2-5-19(17)26(34)35/h1-9,14H,10-13,15-16H2,(H,34,35). The molecule has 0 aromatic heterocycles. The first-order chi connectivity index (χ1) is 17.2. The van der Waals surface area contributed by atoms with Crippen LogP contribution in [-0.2, 0) is 28.0 Å². The number of carboxylic acid groups (broad SMARTS) is 1. The molecule has 36 heavy (non-hydrogen) atoms. The molecule has 1 saturated heterocycles. The number of rotatable bonds is 7. The number of hydrogen-bond donors (Lipinski definition) is 1. The Hall–Kier alpha value is -2.28. The lowest BCUT2D eigenvalue weighted by atomic mass is 9.85. The molecule has 3 aromatic carbocycles. The zero-order valence-electron chi connectivity index (χ0n) is 19.1. The van der Waals surface area contributed by atoms with E-state index in [0.717, 1.165) is 5.56 Å². The van der Waals surface area contributed by atoms with Crippen molar-refractivity contribution in [1.29, 1.82) is 0 Å². The predicted molar refractivity (Wildman–Crippen MR) is 143 cm³/mol. The molecule has 5 nitrogen and oxygen atoms in total. The fourth-order valence-electron chi connectivity index (χ4n) is 4.49. The highest BCUT2D eigenvalue weighted by atomic mass is 35.5. The number of nitrogens with zero attached hydrogens (tertiary/aromatic N) is 1. The van der Waals surface area contributed by atoms with Gasteiger partial charge in [0.05, 0.1) is 35.2 Å². The minimum Gasteiger partial charge on any atom is -0.478 e. The number of carbonyl (C=O) groups excluding carboxylic acids is 1. The average Bonchev–Trinajstić information content (AvgIpc) is 2.87. The number of aromatic carboxylic acids is 1. The molecule has 1 fully saturated rings. The maximum atomic E-state index is 13.4. The van der Waals surface area contributed by atoms with E-state index in [1.807, 2.05) is 6.07 Å². The summed E-state index contributed by atoms with van der Waals surface area (Å²) in [5.41, 5.74) is 1.34. The molecule has 1 heterocycles. The molecule has 3 aromatic rings. The summed E-state index contributed by atoms with van der Waals surface area (Å²) < 4.78 is 6.35. The van der Waals surface area contributed by atoms with Gasteiger partial charge in [-0.05, 0) is 59.9 Å². The molecular weight excluding hydrogens is 544 g/mol. The zero-order valence-corrected chi connectivity index (χ0v) is 22.2. The molecule has 0 aliphatic carbocycles. The van der Waals surface area contributed by atoms with E-state index in [1.54, 1.807) is 59.5 Å². The van der Waals surface area contributed by atoms with Crippen LogP contribution in [0.4, 0.5) is 0 Å². The fourth-order valence-corrected chi connectivity index (χ4v) is 5.32. The number of hydrogen-bond acceptors (Lipinski definition) is 3. The van der Waals surface area contributed by atoms with E-state index in [9.17, 15) is 14.7 Å². The van der Waals surface area contributed by atoms with Gasteiger partial charge in [0.2, 0.25) is 5.91 Å². The van der Waals surface area contributed by atoms with Gasteiger partial charge in [-0.25, -0.2) is 4.79 Å². The van der Waals surface area contributed by atoms with Crippen LogP contribution in [0.5, 0.6) is 0 Å². The summed E-state index contributed by atoms with van der Waals surface area (Å²) >= 11 is 25.1. The summed E-state index contributed by atoms with van der Waals surface area (Å²) in [6.45, 7) is 0.944. The Morgan fingerprint density at radius 2 is 1.64 bits per heavy atom. The third kappa shape index (κ3) is 5.82. The van der Waals surface area contributed by atoms with Crippen LogP contribution in [0, 0.1) is 0 Å². The number of halogens is 4. The summed E-state index contributed by atoms with van der Waals surface area (Å²) in [5.74, 6) is -1.13. The average molecular weight is 567 g/mol. The fraction of sp³-hybridized carbons (Fsp3) is 0.259. The Bertz CT molecular complexity index is 1280. The van der Waals surface area contributed by atoms with Gasteiger partial charge in [0.1, 0.15) is 5.60 Å². The number of ether oxygens (including phenoxy) is 1. The van der Waals surface area contributed by atoms with E-state index in [4.69, 9.17) is 51.1 Å². The van der Waals surface area contributed by atoms with Crippen LogP contribution in [0.25, 0.3) is 0 Å². The Morgan fingerprint density at radius 3 is 2.33 bits per heavy atom. The van der Waals surface area contributed by atoms with Gasteiger partial charge < -0.3 is 14.7 Å². The van der Waals surface area contributed by atoms with E-state index < -0.39 is 11.6 Å². The molecule has 1 atom stereocenters. The van der Waals surface area contributed by atoms with Crippen LogP contribution in [0.2, 0.25) is 20.1 Å². The van der Waals surface area contributed by atoms with Gasteiger partial charge >= 0.3 is 5.97 Å². The van der Waals surface area contributed by atoms with Crippen LogP contribution in [0.1, 0.15) is 33.5 Å². The molecule has 1 unspecified atom stereocenters. The third-order valence-electron chi connectivity index (χ3n) is 6.42. The summed E-state index contributed by atoms with van der Waals surface area (Å²) in [6, 6.07) is 17.3. The number of aryl methyl sites for hydroxylation is 1. The van der Waals surface area contributed by atoms with Crippen molar-refractivity contribution in [3.63, 3.8) is 0 Å². The van der Waals surface area contributed by atoms with E-state index in [0.29, 0.717) is 57.2 Å². The van der Waals surface area contributed by atoms with Gasteiger partial charge in [-0.2, -0.15) is 0 Å². The van der Waals surface area contributed by atoms with Crippen molar-refractivity contribution >= 4 is 58.3 Å². The molecular formula is C27H23Cl4NO4. The Kier molecular flexibility index (Phi) is 8.48. The molecule has 0 radical (unpaired) electrons. The van der Waals surface area contributed by atoms with Crippen LogP contribution in [0.15, 0.2) is 60.7 Å². The van der Waals surface area contributed by atoms with Crippen LogP contribution in [0.3, 0.4) is 0 Å². The second-order valence-electron chi connectivity index (χ2n) is 8.63. The number of carbonyl (C=O) groups is 2. The lowest BCUT2D eigenvalue weighted by molar-refractivity contribution is -0.153. The largest absolute Gasteiger partial charge is 0.478 e. The number of morpholine rings is 1. The maximum absolute atomic E-state index is 13.4. The summed E-state index contributed by atoms with van der Waals surface area (Å²) in [6.07, 6.45) is 0.894. The van der Waals surface area contributed by atoms with E-state index >= 15 is 0 Å².